The first kappa shape index (κ1) is 16.2. The molecule has 19 heavy (non-hydrogen) atoms. The molecule has 0 aromatic heterocycles. The highest BCUT2D eigenvalue weighted by molar-refractivity contribution is 5.14. The summed E-state index contributed by atoms with van der Waals surface area (Å²) < 4.78 is 0. The molecule has 2 nitrogen and oxygen atoms in total. The molecule has 1 aromatic carbocycles. The van der Waals surface area contributed by atoms with Gasteiger partial charge in [0, 0.05) is 12.6 Å². The van der Waals surface area contributed by atoms with Gasteiger partial charge in [-0.1, -0.05) is 43.7 Å². The van der Waals surface area contributed by atoms with E-state index in [-0.39, 0.29) is 0 Å². The number of aliphatic hydroxyl groups is 1. The van der Waals surface area contributed by atoms with E-state index in [1.165, 1.54) is 24.8 Å². The maximum Gasteiger partial charge on any atom is 0.0434 e. The molecule has 0 saturated heterocycles. The Hall–Kier alpha value is -0.860. The van der Waals surface area contributed by atoms with E-state index < -0.39 is 0 Å². The maximum atomic E-state index is 9.05. The van der Waals surface area contributed by atoms with Gasteiger partial charge >= 0.3 is 0 Å². The molecule has 2 atom stereocenters. The van der Waals surface area contributed by atoms with Crippen molar-refractivity contribution in [2.75, 3.05) is 13.2 Å². The molecule has 0 aliphatic rings. The van der Waals surface area contributed by atoms with Gasteiger partial charge in [-0.3, -0.25) is 0 Å². The molecule has 108 valence electrons. The number of nitrogens with one attached hydrogen (secondary N) is 1. The highest BCUT2D eigenvalue weighted by atomic mass is 16.3. The number of hydrogen-bond acceptors (Lipinski definition) is 2. The van der Waals surface area contributed by atoms with Crippen LogP contribution in [0.4, 0.5) is 0 Å². The van der Waals surface area contributed by atoms with Gasteiger partial charge in [0.25, 0.3) is 0 Å². The lowest BCUT2D eigenvalue weighted by Crippen LogP contribution is -2.32. The second kappa shape index (κ2) is 9.99. The molecular formula is C17H29NO. The Kier molecular flexibility index (Phi) is 8.52. The molecule has 1 aromatic rings. The van der Waals surface area contributed by atoms with Crippen LogP contribution in [0.2, 0.25) is 0 Å². The van der Waals surface area contributed by atoms with Gasteiger partial charge in [-0.15, -0.1) is 0 Å². The second-order valence-corrected chi connectivity index (χ2v) is 5.50. The van der Waals surface area contributed by atoms with Crippen molar-refractivity contribution in [1.29, 1.82) is 0 Å². The molecule has 1 rings (SSSR count). The van der Waals surface area contributed by atoms with E-state index in [4.69, 9.17) is 5.11 Å². The molecule has 2 N–H and O–H groups in total. The third kappa shape index (κ3) is 7.34. The van der Waals surface area contributed by atoms with Crippen molar-refractivity contribution >= 4 is 0 Å². The minimum absolute atomic E-state index is 0.310. The number of rotatable bonds is 10. The van der Waals surface area contributed by atoms with E-state index in [1.807, 2.05) is 0 Å². The van der Waals surface area contributed by atoms with Crippen molar-refractivity contribution in [3.05, 3.63) is 35.9 Å². The van der Waals surface area contributed by atoms with Gasteiger partial charge in [0.1, 0.15) is 0 Å². The maximum absolute atomic E-state index is 9.05. The van der Waals surface area contributed by atoms with Gasteiger partial charge in [-0.2, -0.15) is 0 Å². The molecule has 0 radical (unpaired) electrons. The van der Waals surface area contributed by atoms with Gasteiger partial charge in [-0.25, -0.2) is 0 Å². The first-order valence-corrected chi connectivity index (χ1v) is 7.64. The fraction of sp³-hybridized carbons (Fsp3) is 0.647. The SMILES string of the molecule is CCCC(CCO)CNC(C)CCc1ccccc1. The first-order chi connectivity index (χ1) is 9.26. The van der Waals surface area contributed by atoms with E-state index in [2.05, 4.69) is 49.5 Å². The molecule has 0 bridgehead atoms. The summed E-state index contributed by atoms with van der Waals surface area (Å²) in [7, 11) is 0. The standard InChI is InChI=1S/C17H29NO/c1-3-7-17(12-13-19)14-18-15(2)10-11-16-8-5-4-6-9-16/h4-6,8-9,15,17-19H,3,7,10-14H2,1-2H3. The van der Waals surface area contributed by atoms with Crippen molar-refractivity contribution in [1.82, 2.24) is 5.32 Å². The number of hydrogen-bond donors (Lipinski definition) is 2. The summed E-state index contributed by atoms with van der Waals surface area (Å²) >= 11 is 0. The Labute approximate surface area is 118 Å². The summed E-state index contributed by atoms with van der Waals surface area (Å²) in [4.78, 5) is 0. The van der Waals surface area contributed by atoms with Crippen LogP contribution in [0.3, 0.4) is 0 Å². The van der Waals surface area contributed by atoms with E-state index in [0.717, 1.165) is 19.4 Å². The van der Waals surface area contributed by atoms with Crippen LogP contribution in [-0.2, 0) is 6.42 Å². The molecule has 2 heteroatoms. The van der Waals surface area contributed by atoms with E-state index >= 15 is 0 Å². The summed E-state index contributed by atoms with van der Waals surface area (Å²) in [6.07, 6.45) is 5.63. The molecule has 0 saturated carbocycles. The molecular weight excluding hydrogens is 234 g/mol. The predicted octanol–water partition coefficient (Wildman–Crippen LogP) is 3.40. The lowest BCUT2D eigenvalue weighted by Gasteiger charge is -2.20. The van der Waals surface area contributed by atoms with Gasteiger partial charge in [0.2, 0.25) is 0 Å². The minimum atomic E-state index is 0.310. The normalized spacial score (nSPS) is 14.3. The molecule has 0 spiro atoms. The number of aryl methyl sites for hydroxylation is 1. The van der Waals surface area contributed by atoms with Crippen molar-refractivity contribution in [2.45, 2.75) is 52.0 Å². The summed E-state index contributed by atoms with van der Waals surface area (Å²) in [6.45, 7) is 5.81. The quantitative estimate of drug-likeness (QED) is 0.678. The number of benzene rings is 1. The second-order valence-electron chi connectivity index (χ2n) is 5.50. The molecule has 0 aliphatic carbocycles. The van der Waals surface area contributed by atoms with Gasteiger partial charge in [-0.05, 0) is 50.6 Å². The van der Waals surface area contributed by atoms with Gasteiger partial charge < -0.3 is 10.4 Å². The third-order valence-electron chi connectivity index (χ3n) is 3.70. The van der Waals surface area contributed by atoms with Crippen molar-refractivity contribution in [2.24, 2.45) is 5.92 Å². The minimum Gasteiger partial charge on any atom is -0.396 e. The topological polar surface area (TPSA) is 32.3 Å². The van der Waals surface area contributed by atoms with E-state index in [9.17, 15) is 0 Å². The zero-order valence-corrected chi connectivity index (χ0v) is 12.4. The van der Waals surface area contributed by atoms with Gasteiger partial charge in [0.05, 0.1) is 0 Å². The van der Waals surface area contributed by atoms with Crippen LogP contribution < -0.4 is 5.32 Å². The fourth-order valence-corrected chi connectivity index (χ4v) is 2.44. The Morgan fingerprint density at radius 1 is 1.11 bits per heavy atom. The summed E-state index contributed by atoms with van der Waals surface area (Å²) in [6, 6.07) is 11.2. The average molecular weight is 263 g/mol. The third-order valence-corrected chi connectivity index (χ3v) is 3.70. The van der Waals surface area contributed by atoms with Crippen LogP contribution in [-0.4, -0.2) is 24.3 Å². The van der Waals surface area contributed by atoms with Crippen molar-refractivity contribution in [3.63, 3.8) is 0 Å². The fourth-order valence-electron chi connectivity index (χ4n) is 2.44. The Morgan fingerprint density at radius 2 is 1.84 bits per heavy atom. The lowest BCUT2D eigenvalue weighted by molar-refractivity contribution is 0.245. The summed E-state index contributed by atoms with van der Waals surface area (Å²) in [5.74, 6) is 0.620. The Balaban J connectivity index is 2.21. The molecule has 0 amide bonds. The largest absolute Gasteiger partial charge is 0.396 e. The zero-order valence-electron chi connectivity index (χ0n) is 12.4. The molecule has 0 fully saturated rings. The van der Waals surface area contributed by atoms with E-state index in [1.54, 1.807) is 0 Å². The molecule has 0 heterocycles. The van der Waals surface area contributed by atoms with Gasteiger partial charge in [0.15, 0.2) is 0 Å². The van der Waals surface area contributed by atoms with Crippen LogP contribution in [0.15, 0.2) is 30.3 Å². The highest BCUT2D eigenvalue weighted by Gasteiger charge is 2.09. The average Bonchev–Trinajstić information content (AvgIpc) is 2.44. The molecule has 2 unspecified atom stereocenters. The van der Waals surface area contributed by atoms with Crippen molar-refractivity contribution in [3.8, 4) is 0 Å². The Bertz CT molecular complexity index is 306. The number of aliphatic hydroxyl groups excluding tert-OH is 1. The zero-order chi connectivity index (χ0) is 13.9. The first-order valence-electron chi connectivity index (χ1n) is 7.64. The van der Waals surface area contributed by atoms with Crippen molar-refractivity contribution < 1.29 is 5.11 Å². The monoisotopic (exact) mass is 263 g/mol. The van der Waals surface area contributed by atoms with Crippen LogP contribution >= 0.6 is 0 Å². The smallest absolute Gasteiger partial charge is 0.0434 e. The summed E-state index contributed by atoms with van der Waals surface area (Å²) in [5, 5.41) is 12.7. The Morgan fingerprint density at radius 3 is 2.47 bits per heavy atom. The lowest BCUT2D eigenvalue weighted by atomic mass is 9.99. The highest BCUT2D eigenvalue weighted by Crippen LogP contribution is 2.11. The van der Waals surface area contributed by atoms with Crippen LogP contribution in [0, 0.1) is 5.92 Å². The van der Waals surface area contributed by atoms with Crippen LogP contribution in [0.1, 0.15) is 45.1 Å². The van der Waals surface area contributed by atoms with Crippen LogP contribution in [0.25, 0.3) is 0 Å². The van der Waals surface area contributed by atoms with E-state index in [0.29, 0.717) is 18.6 Å². The predicted molar refractivity (Wildman–Crippen MR) is 82.3 cm³/mol. The summed E-state index contributed by atoms with van der Waals surface area (Å²) in [5.41, 5.74) is 1.41. The van der Waals surface area contributed by atoms with Crippen LogP contribution in [0.5, 0.6) is 0 Å². The molecule has 0 aliphatic heterocycles.